The maximum atomic E-state index is 11.3. The standard InChI is InChI=1S/C28H33O6P.C28H32O3.2Na.H/c29-35(30,31)34-24-13-6-10-22(19-24)28(33-17-16-32-23-11-2-1-3-12-23)27-21-9-7-15-26(27)25-14-5-4-8-20(25)18-21;29-23-11-6-10-22(19-23)28(31-17-16-30-24-12-2-1-3-13-24)27-21-9-7-15-26(27)25-14-5-4-8-20(25)18-21;;;/h1-3,6,10-13,19,21,26H,4-5,7-9,14-18H2,(H2,29,30,31);1-3,6,10-13,19,21,26,29H,4-5,7-9,14-18H2;;;/q;;2*+1;-1/p-1/b2*28-27+;;;. The van der Waals surface area contributed by atoms with Crippen LogP contribution in [0.2, 0.25) is 0 Å². The first-order valence-electron chi connectivity index (χ1n) is 24.4. The fraction of sp³-hybridized carbons (Fsp3) is 0.429. The van der Waals surface area contributed by atoms with Crippen molar-refractivity contribution in [3.63, 3.8) is 0 Å². The quantitative estimate of drug-likeness (QED) is 0.0451. The summed E-state index contributed by atoms with van der Waals surface area (Å²) >= 11 is 0. The van der Waals surface area contributed by atoms with Gasteiger partial charge in [-0.15, -0.1) is 0 Å². The Labute approximate surface area is 448 Å². The predicted octanol–water partition coefficient (Wildman–Crippen LogP) is 7.03. The number of phosphoric ester groups is 1. The van der Waals surface area contributed by atoms with E-state index in [1.54, 1.807) is 40.5 Å². The van der Waals surface area contributed by atoms with Gasteiger partial charge < -0.3 is 39.8 Å². The number of hydrogen-bond acceptors (Lipinski definition) is 8. The Kier molecular flexibility index (Phi) is 19.5. The zero-order valence-electron chi connectivity index (χ0n) is 41.0. The van der Waals surface area contributed by atoms with E-state index in [2.05, 4.69) is 6.07 Å². The largest absolute Gasteiger partial charge is 1.00 e. The van der Waals surface area contributed by atoms with Crippen LogP contribution in [0, 0.1) is 23.7 Å². The number of fused-ring (bicyclic) bond motifs is 6. The van der Waals surface area contributed by atoms with Crippen LogP contribution in [0.1, 0.15) is 115 Å². The molecule has 0 spiro atoms. The second kappa shape index (κ2) is 25.3. The first kappa shape index (κ1) is 52.6. The van der Waals surface area contributed by atoms with Gasteiger partial charge in [-0.05, 0) is 161 Å². The molecule has 6 aliphatic rings. The monoisotopic (exact) mass is 958 g/mol. The fourth-order valence-corrected chi connectivity index (χ4v) is 12.2. The number of para-hydroxylation sites is 2. The van der Waals surface area contributed by atoms with Crippen molar-refractivity contribution in [3.8, 4) is 23.0 Å². The van der Waals surface area contributed by atoms with Crippen molar-refractivity contribution >= 4 is 19.3 Å². The summed E-state index contributed by atoms with van der Waals surface area (Å²) in [5, 5.41) is 10.2. The molecule has 0 radical (unpaired) electrons. The SMILES string of the molecule is O=P([O-])(O)Oc1cccc(/C(OCCOc2ccccc2)=C2/C3CCCC2C2=C(CCCC2)C3)c1.Oc1cccc(/C(OCCOc2ccccc2)=C2/C3CCCC2C2=C(CCCC2)C3)c1.[H-].[Na+].[Na+]. The molecule has 5 unspecified atom stereocenters. The van der Waals surface area contributed by atoms with Gasteiger partial charge in [-0.3, -0.25) is 4.57 Å². The third kappa shape index (κ3) is 13.4. The topological polar surface area (TPSA) is 127 Å². The van der Waals surface area contributed by atoms with Crippen LogP contribution in [0.3, 0.4) is 0 Å². The molecule has 0 amide bonds. The molecule has 6 aliphatic carbocycles. The second-order valence-corrected chi connectivity index (χ2v) is 19.8. The molecule has 4 bridgehead atoms. The number of hydrogen-bond donors (Lipinski definition) is 2. The average Bonchev–Trinajstić information content (AvgIpc) is 3.32. The van der Waals surface area contributed by atoms with E-state index in [9.17, 15) is 19.5 Å². The normalized spacial score (nSPS) is 23.9. The second-order valence-electron chi connectivity index (χ2n) is 18.7. The molecule has 10 rings (SSSR count). The van der Waals surface area contributed by atoms with Crippen molar-refractivity contribution in [1.82, 2.24) is 0 Å². The molecule has 0 heterocycles. The summed E-state index contributed by atoms with van der Waals surface area (Å²) in [7, 11) is -4.90. The number of rotatable bonds is 14. The van der Waals surface area contributed by atoms with Gasteiger partial charge >= 0.3 is 66.9 Å². The Morgan fingerprint density at radius 2 is 1.01 bits per heavy atom. The molecule has 2 saturated carbocycles. The van der Waals surface area contributed by atoms with Crippen molar-refractivity contribution in [2.45, 2.75) is 103 Å². The summed E-state index contributed by atoms with van der Waals surface area (Å²) in [6.07, 6.45) is 19.7. The first-order valence-corrected chi connectivity index (χ1v) is 25.9. The van der Waals surface area contributed by atoms with Crippen molar-refractivity contribution in [2.75, 3.05) is 26.4 Å². The molecule has 9 nitrogen and oxygen atoms in total. The molecule has 0 aromatic heterocycles. The van der Waals surface area contributed by atoms with Crippen molar-refractivity contribution in [1.29, 1.82) is 0 Å². The van der Waals surface area contributed by atoms with E-state index in [1.165, 1.54) is 94.3 Å². The molecule has 4 aromatic carbocycles. The maximum absolute atomic E-state index is 11.3. The van der Waals surface area contributed by atoms with E-state index in [-0.39, 0.29) is 66.3 Å². The summed E-state index contributed by atoms with van der Waals surface area (Å²) in [6, 6.07) is 33.9. The van der Waals surface area contributed by atoms with Crippen LogP contribution in [0.4, 0.5) is 0 Å². The Bertz CT molecular complexity index is 2490. The molecular weight excluding hydrogens is 894 g/mol. The van der Waals surface area contributed by atoms with Gasteiger partial charge in [0.2, 0.25) is 0 Å². The van der Waals surface area contributed by atoms with E-state index < -0.39 is 7.82 Å². The van der Waals surface area contributed by atoms with Crippen molar-refractivity contribution in [3.05, 3.63) is 154 Å². The summed E-state index contributed by atoms with van der Waals surface area (Å²) in [4.78, 5) is 20.5. The number of benzene rings is 4. The first-order chi connectivity index (χ1) is 32.3. The number of phenols is 1. The molecule has 12 heteroatoms. The Morgan fingerprint density at radius 1 is 0.559 bits per heavy atom. The molecule has 2 fully saturated rings. The number of ether oxygens (including phenoxy) is 4. The Balaban J connectivity index is 0.000000219. The molecule has 5 atom stereocenters. The van der Waals surface area contributed by atoms with Crippen LogP contribution in [-0.4, -0.2) is 36.4 Å². The van der Waals surface area contributed by atoms with Gasteiger partial charge in [0.05, 0.1) is 0 Å². The van der Waals surface area contributed by atoms with Gasteiger partial charge in [-0.1, -0.05) is 95.8 Å². The predicted molar refractivity (Wildman–Crippen MR) is 258 cm³/mol. The van der Waals surface area contributed by atoms with Gasteiger partial charge in [0.25, 0.3) is 0 Å². The van der Waals surface area contributed by atoms with E-state index in [0.29, 0.717) is 55.8 Å². The molecule has 4 aromatic rings. The van der Waals surface area contributed by atoms with Gasteiger partial charge in [-0.25, -0.2) is 0 Å². The minimum absolute atomic E-state index is 0. The van der Waals surface area contributed by atoms with Crippen LogP contribution in [0.25, 0.3) is 11.5 Å². The minimum Gasteiger partial charge on any atom is -1.00 e. The zero-order chi connectivity index (χ0) is 45.3. The molecule has 0 aliphatic heterocycles. The molecular formula is C56H65Na2O9P. The van der Waals surface area contributed by atoms with E-state index in [0.717, 1.165) is 59.8 Å². The zero-order valence-corrected chi connectivity index (χ0v) is 44.9. The summed E-state index contributed by atoms with van der Waals surface area (Å²) in [5.41, 5.74) is 11.3. The summed E-state index contributed by atoms with van der Waals surface area (Å²) < 4.78 is 40.8. The number of phosphoric acid groups is 1. The number of aromatic hydroxyl groups is 1. The maximum Gasteiger partial charge on any atom is 1.00 e. The van der Waals surface area contributed by atoms with Crippen LogP contribution in [0.15, 0.2) is 143 Å². The van der Waals surface area contributed by atoms with E-state index in [1.807, 2.05) is 78.9 Å². The van der Waals surface area contributed by atoms with Crippen LogP contribution >= 0.6 is 7.82 Å². The third-order valence-corrected chi connectivity index (χ3v) is 14.9. The van der Waals surface area contributed by atoms with Crippen LogP contribution in [0.5, 0.6) is 23.0 Å². The van der Waals surface area contributed by atoms with Crippen molar-refractivity contribution < 1.29 is 103 Å². The van der Waals surface area contributed by atoms with E-state index >= 15 is 0 Å². The minimum atomic E-state index is -4.90. The Hall–Kier alpha value is -3.21. The summed E-state index contributed by atoms with van der Waals surface area (Å²) in [6.45, 7) is 1.76. The Morgan fingerprint density at radius 3 is 1.50 bits per heavy atom. The fourth-order valence-electron chi connectivity index (χ4n) is 11.8. The van der Waals surface area contributed by atoms with Crippen molar-refractivity contribution in [2.24, 2.45) is 23.7 Å². The third-order valence-electron chi connectivity index (χ3n) is 14.4. The smallest absolute Gasteiger partial charge is 1.00 e. The summed E-state index contributed by atoms with van der Waals surface area (Å²) in [5.74, 6) is 5.72. The van der Waals surface area contributed by atoms with Crippen LogP contribution < -0.4 is 78.0 Å². The van der Waals surface area contributed by atoms with E-state index in [4.69, 9.17) is 23.5 Å². The van der Waals surface area contributed by atoms with Crippen LogP contribution in [-0.2, 0) is 14.0 Å². The van der Waals surface area contributed by atoms with Gasteiger partial charge in [0.15, 0.2) is 0 Å². The van der Waals surface area contributed by atoms with Gasteiger partial charge in [0, 0.05) is 23.0 Å². The average molecular weight is 959 g/mol. The van der Waals surface area contributed by atoms with Gasteiger partial charge in [0.1, 0.15) is 60.9 Å². The van der Waals surface area contributed by atoms with Gasteiger partial charge in [-0.2, -0.15) is 0 Å². The molecule has 0 saturated heterocycles. The number of phenolic OH excluding ortho intramolecular Hbond substituents is 1. The number of allylic oxidation sites excluding steroid dienone is 6. The molecule has 68 heavy (non-hydrogen) atoms. The molecule has 350 valence electrons. The molecule has 2 N–H and O–H groups in total.